The first kappa shape index (κ1) is 17.9. The van der Waals surface area contributed by atoms with Crippen LogP contribution >= 0.6 is 11.6 Å². The van der Waals surface area contributed by atoms with Crippen LogP contribution in [0.2, 0.25) is 5.02 Å². The number of benzene rings is 1. The summed E-state index contributed by atoms with van der Waals surface area (Å²) in [6.45, 7) is 2.24. The van der Waals surface area contributed by atoms with Crippen LogP contribution in [-0.2, 0) is 4.79 Å². The van der Waals surface area contributed by atoms with Gasteiger partial charge in [0.05, 0.1) is 17.3 Å². The fourth-order valence-corrected chi connectivity index (χ4v) is 2.77. The second-order valence-electron chi connectivity index (χ2n) is 5.71. The van der Waals surface area contributed by atoms with E-state index < -0.39 is 0 Å². The molecule has 0 aliphatic carbocycles. The summed E-state index contributed by atoms with van der Waals surface area (Å²) in [4.78, 5) is 36.3. The minimum Gasteiger partial charge on any atom is -0.337 e. The first-order valence-corrected chi connectivity index (χ1v) is 8.60. The Kier molecular flexibility index (Phi) is 5.85. The molecule has 3 rings (SSSR count). The van der Waals surface area contributed by atoms with Crippen LogP contribution in [0.1, 0.15) is 0 Å². The van der Waals surface area contributed by atoms with Crippen LogP contribution in [0, 0.1) is 0 Å². The van der Waals surface area contributed by atoms with Crippen molar-refractivity contribution in [2.24, 2.45) is 0 Å². The van der Waals surface area contributed by atoms with Gasteiger partial charge in [-0.15, -0.1) is 0 Å². The molecular weight excluding hydrogens is 356 g/mol. The van der Waals surface area contributed by atoms with Gasteiger partial charge in [-0.3, -0.25) is 4.79 Å². The van der Waals surface area contributed by atoms with E-state index in [1.54, 1.807) is 47.6 Å². The second-order valence-corrected chi connectivity index (χ2v) is 6.12. The van der Waals surface area contributed by atoms with Crippen molar-refractivity contribution in [3.8, 4) is 0 Å². The monoisotopic (exact) mass is 374 g/mol. The number of para-hydroxylation sites is 1. The van der Waals surface area contributed by atoms with Gasteiger partial charge >= 0.3 is 6.03 Å². The molecule has 2 aromatic rings. The van der Waals surface area contributed by atoms with E-state index in [-0.39, 0.29) is 18.5 Å². The van der Waals surface area contributed by atoms with Gasteiger partial charge in [0, 0.05) is 38.6 Å². The van der Waals surface area contributed by atoms with E-state index in [0.717, 1.165) is 0 Å². The molecule has 1 aromatic heterocycles. The van der Waals surface area contributed by atoms with Crippen molar-refractivity contribution in [2.75, 3.05) is 42.9 Å². The summed E-state index contributed by atoms with van der Waals surface area (Å²) in [6, 6.07) is 8.43. The lowest BCUT2D eigenvalue weighted by Crippen LogP contribution is -2.53. The number of nitrogens with zero attached hydrogens (tertiary/aromatic N) is 4. The minimum absolute atomic E-state index is 0.119. The number of hydrogen-bond donors (Lipinski definition) is 2. The third-order valence-corrected chi connectivity index (χ3v) is 4.28. The molecule has 2 N–H and O–H groups in total. The van der Waals surface area contributed by atoms with Gasteiger partial charge in [-0.05, 0) is 18.2 Å². The van der Waals surface area contributed by atoms with Crippen molar-refractivity contribution >= 4 is 35.2 Å². The van der Waals surface area contributed by atoms with Gasteiger partial charge in [0.15, 0.2) is 0 Å². The molecule has 1 fully saturated rings. The van der Waals surface area contributed by atoms with Crippen LogP contribution in [0.3, 0.4) is 0 Å². The largest absolute Gasteiger partial charge is 0.337 e. The number of carbonyl (C=O) groups is 2. The van der Waals surface area contributed by atoms with Crippen molar-refractivity contribution < 1.29 is 9.59 Å². The van der Waals surface area contributed by atoms with E-state index in [9.17, 15) is 9.59 Å². The zero-order valence-electron chi connectivity index (χ0n) is 14.1. The van der Waals surface area contributed by atoms with E-state index in [2.05, 4.69) is 20.6 Å². The Morgan fingerprint density at radius 3 is 2.42 bits per heavy atom. The van der Waals surface area contributed by atoms with Gasteiger partial charge in [-0.25, -0.2) is 14.8 Å². The Labute approximate surface area is 156 Å². The summed E-state index contributed by atoms with van der Waals surface area (Å²) in [5.74, 6) is 0.328. The molecule has 0 bridgehead atoms. The smallest absolute Gasteiger partial charge is 0.317 e. The van der Waals surface area contributed by atoms with E-state index in [4.69, 9.17) is 11.6 Å². The molecule has 136 valence electrons. The molecule has 8 nitrogen and oxygen atoms in total. The Morgan fingerprint density at radius 2 is 1.73 bits per heavy atom. The lowest BCUT2D eigenvalue weighted by atomic mass is 10.3. The summed E-state index contributed by atoms with van der Waals surface area (Å²) >= 11 is 5.99. The van der Waals surface area contributed by atoms with E-state index in [1.807, 2.05) is 4.90 Å². The third kappa shape index (κ3) is 4.60. The van der Waals surface area contributed by atoms with Crippen molar-refractivity contribution in [1.29, 1.82) is 0 Å². The molecule has 0 saturated carbocycles. The van der Waals surface area contributed by atoms with Gasteiger partial charge in [0.25, 0.3) is 0 Å². The highest BCUT2D eigenvalue weighted by molar-refractivity contribution is 6.33. The van der Waals surface area contributed by atoms with E-state index in [0.29, 0.717) is 42.8 Å². The standard InChI is InChI=1S/C17H19ClN6O2/c18-13-4-1-2-5-14(13)22-15(25)12-21-17(26)24-10-8-23(9-11-24)16-19-6-3-7-20-16/h1-7H,8-12H2,(H,21,26)(H,22,25). The second kappa shape index (κ2) is 8.48. The number of aromatic nitrogens is 2. The van der Waals surface area contributed by atoms with Crippen LogP contribution in [0.5, 0.6) is 0 Å². The average Bonchev–Trinajstić information content (AvgIpc) is 2.69. The van der Waals surface area contributed by atoms with Crippen LogP contribution in [0.25, 0.3) is 0 Å². The Morgan fingerprint density at radius 1 is 1.04 bits per heavy atom. The first-order valence-electron chi connectivity index (χ1n) is 8.22. The maximum atomic E-state index is 12.2. The van der Waals surface area contributed by atoms with E-state index >= 15 is 0 Å². The zero-order chi connectivity index (χ0) is 18.4. The highest BCUT2D eigenvalue weighted by Crippen LogP contribution is 2.20. The highest BCUT2D eigenvalue weighted by atomic mass is 35.5. The number of hydrogen-bond acceptors (Lipinski definition) is 5. The number of nitrogens with one attached hydrogen (secondary N) is 2. The minimum atomic E-state index is -0.331. The third-order valence-electron chi connectivity index (χ3n) is 3.95. The summed E-state index contributed by atoms with van der Waals surface area (Å²) < 4.78 is 0. The van der Waals surface area contributed by atoms with Gasteiger partial charge in [0.2, 0.25) is 11.9 Å². The Balaban J connectivity index is 1.43. The normalized spacial score (nSPS) is 14.0. The Bertz CT molecular complexity index is 765. The zero-order valence-corrected chi connectivity index (χ0v) is 14.8. The lowest BCUT2D eigenvalue weighted by molar-refractivity contribution is -0.115. The van der Waals surface area contributed by atoms with Crippen molar-refractivity contribution in [1.82, 2.24) is 20.2 Å². The van der Waals surface area contributed by atoms with Gasteiger partial charge in [0.1, 0.15) is 0 Å². The SMILES string of the molecule is O=C(CNC(=O)N1CCN(c2ncccn2)CC1)Nc1ccccc1Cl. The number of amides is 3. The van der Waals surface area contributed by atoms with Crippen LogP contribution in [-0.4, -0.2) is 59.5 Å². The summed E-state index contributed by atoms with van der Waals surface area (Å²) in [7, 11) is 0. The Hall–Kier alpha value is -2.87. The number of rotatable bonds is 4. The lowest BCUT2D eigenvalue weighted by Gasteiger charge is -2.34. The van der Waals surface area contributed by atoms with Crippen LogP contribution < -0.4 is 15.5 Å². The molecule has 1 aliphatic rings. The molecule has 0 atom stereocenters. The summed E-state index contributed by atoms with van der Waals surface area (Å²) in [6.07, 6.45) is 3.39. The molecule has 2 heterocycles. The fourth-order valence-electron chi connectivity index (χ4n) is 2.59. The predicted octanol–water partition coefficient (Wildman–Crippen LogP) is 1.60. The molecule has 1 aliphatic heterocycles. The molecular formula is C17H19ClN6O2. The fraction of sp³-hybridized carbons (Fsp3) is 0.294. The number of carbonyl (C=O) groups excluding carboxylic acids is 2. The summed E-state index contributed by atoms with van der Waals surface area (Å²) in [5.41, 5.74) is 0.518. The molecule has 9 heteroatoms. The highest BCUT2D eigenvalue weighted by Gasteiger charge is 2.22. The molecule has 3 amide bonds. The predicted molar refractivity (Wildman–Crippen MR) is 99.3 cm³/mol. The number of anilines is 2. The van der Waals surface area contributed by atoms with Gasteiger partial charge in [-0.1, -0.05) is 23.7 Å². The quantitative estimate of drug-likeness (QED) is 0.848. The molecule has 0 unspecified atom stereocenters. The molecule has 0 spiro atoms. The molecule has 26 heavy (non-hydrogen) atoms. The van der Waals surface area contributed by atoms with Gasteiger partial charge in [-0.2, -0.15) is 0 Å². The first-order chi connectivity index (χ1) is 12.6. The molecule has 0 radical (unpaired) electrons. The number of piperazine rings is 1. The number of urea groups is 1. The maximum Gasteiger partial charge on any atom is 0.317 e. The van der Waals surface area contributed by atoms with E-state index in [1.165, 1.54) is 0 Å². The van der Waals surface area contributed by atoms with Crippen LogP contribution in [0.15, 0.2) is 42.7 Å². The number of halogens is 1. The van der Waals surface area contributed by atoms with Crippen molar-refractivity contribution in [3.05, 3.63) is 47.7 Å². The van der Waals surface area contributed by atoms with Crippen molar-refractivity contribution in [3.63, 3.8) is 0 Å². The maximum absolute atomic E-state index is 12.2. The average molecular weight is 375 g/mol. The molecule has 1 saturated heterocycles. The summed E-state index contributed by atoms with van der Waals surface area (Å²) in [5, 5.41) is 5.75. The topological polar surface area (TPSA) is 90.5 Å². The molecule has 1 aromatic carbocycles. The van der Waals surface area contributed by atoms with Crippen LogP contribution in [0.4, 0.5) is 16.4 Å². The van der Waals surface area contributed by atoms with Crippen molar-refractivity contribution in [2.45, 2.75) is 0 Å². The van der Waals surface area contributed by atoms with Gasteiger partial charge < -0.3 is 20.4 Å².